The van der Waals surface area contributed by atoms with Crippen molar-refractivity contribution in [2.24, 2.45) is 0 Å². The Balaban J connectivity index is 1.96. The number of nitrogen functional groups attached to an aromatic ring is 1. The number of nitrogens with two attached hydrogens (primary N) is 1. The summed E-state index contributed by atoms with van der Waals surface area (Å²) in [5.74, 6) is 0.448. The van der Waals surface area contributed by atoms with Crippen molar-refractivity contribution < 1.29 is 4.74 Å². The van der Waals surface area contributed by atoms with E-state index in [9.17, 15) is 0 Å². The molecule has 1 aliphatic heterocycles. The number of likely N-dealkylation sites (N-methyl/N-ethyl adjacent to an activating group) is 1. The van der Waals surface area contributed by atoms with E-state index in [1.54, 1.807) is 0 Å². The van der Waals surface area contributed by atoms with E-state index in [1.807, 2.05) is 6.07 Å². The highest BCUT2D eigenvalue weighted by molar-refractivity contribution is 6.32. The number of fused-ring (bicyclic) bond motifs is 1. The monoisotopic (exact) mass is 425 g/mol. The molecule has 4 rings (SSSR count). The van der Waals surface area contributed by atoms with E-state index in [4.69, 9.17) is 22.1 Å². The first-order valence-electron chi connectivity index (χ1n) is 11.1. The molecule has 0 aliphatic carbocycles. The van der Waals surface area contributed by atoms with Crippen molar-refractivity contribution in [3.8, 4) is 11.3 Å². The minimum absolute atomic E-state index is 0.448. The molecule has 160 valence electrons. The van der Waals surface area contributed by atoms with Crippen molar-refractivity contribution in [1.82, 2.24) is 9.47 Å². The van der Waals surface area contributed by atoms with Gasteiger partial charge in [0.25, 0.3) is 0 Å². The number of ether oxygens (including phenoxy) is 1. The van der Waals surface area contributed by atoms with Crippen molar-refractivity contribution in [1.29, 1.82) is 0 Å². The smallest absolute Gasteiger partial charge is 0.0723 e. The molecule has 4 nitrogen and oxygen atoms in total. The lowest BCUT2D eigenvalue weighted by Gasteiger charge is -2.24. The van der Waals surface area contributed by atoms with Gasteiger partial charge in [-0.05, 0) is 55.1 Å². The molecule has 1 saturated heterocycles. The van der Waals surface area contributed by atoms with Crippen LogP contribution in [-0.2, 0) is 11.3 Å². The van der Waals surface area contributed by atoms with Gasteiger partial charge in [0.1, 0.15) is 0 Å². The average Bonchev–Trinajstić information content (AvgIpc) is 3.10. The summed E-state index contributed by atoms with van der Waals surface area (Å²) in [4.78, 5) is 2.46. The van der Waals surface area contributed by atoms with Crippen LogP contribution in [0.5, 0.6) is 0 Å². The Morgan fingerprint density at radius 3 is 2.47 bits per heavy atom. The molecular formula is C25H32ClN3O. The number of halogens is 1. The summed E-state index contributed by atoms with van der Waals surface area (Å²) < 4.78 is 8.12. The van der Waals surface area contributed by atoms with Crippen molar-refractivity contribution in [2.45, 2.75) is 39.2 Å². The second-order valence-electron chi connectivity index (χ2n) is 8.08. The van der Waals surface area contributed by atoms with E-state index in [1.165, 1.54) is 22.2 Å². The second-order valence-corrected chi connectivity index (χ2v) is 8.52. The first-order chi connectivity index (χ1) is 14.6. The predicted octanol–water partition coefficient (Wildman–Crippen LogP) is 5.78. The highest BCUT2D eigenvalue weighted by Gasteiger charge is 2.28. The fourth-order valence-corrected chi connectivity index (χ4v) is 5.05. The molecule has 0 radical (unpaired) electrons. The summed E-state index contributed by atoms with van der Waals surface area (Å²) in [6.07, 6.45) is 2.06. The van der Waals surface area contributed by atoms with Gasteiger partial charge < -0.3 is 19.9 Å². The maximum atomic E-state index is 6.58. The molecule has 1 aliphatic rings. The van der Waals surface area contributed by atoms with Gasteiger partial charge in [0.2, 0.25) is 0 Å². The number of rotatable bonds is 7. The first kappa shape index (κ1) is 21.2. The van der Waals surface area contributed by atoms with E-state index in [0.29, 0.717) is 10.9 Å². The first-order valence-corrected chi connectivity index (χ1v) is 11.5. The van der Waals surface area contributed by atoms with Crippen molar-refractivity contribution in [2.75, 3.05) is 38.6 Å². The van der Waals surface area contributed by atoms with Gasteiger partial charge >= 0.3 is 0 Å². The van der Waals surface area contributed by atoms with Gasteiger partial charge in [-0.15, -0.1) is 0 Å². The van der Waals surface area contributed by atoms with Crippen LogP contribution in [0.3, 0.4) is 0 Å². The molecule has 0 unspecified atom stereocenters. The average molecular weight is 426 g/mol. The molecule has 0 bridgehead atoms. The van der Waals surface area contributed by atoms with Crippen LogP contribution in [0.15, 0.2) is 42.5 Å². The molecule has 1 aromatic heterocycles. The van der Waals surface area contributed by atoms with Crippen LogP contribution in [0.1, 0.15) is 38.2 Å². The topological polar surface area (TPSA) is 43.4 Å². The Labute approximate surface area is 184 Å². The normalized spacial score (nSPS) is 15.3. The Morgan fingerprint density at radius 2 is 1.80 bits per heavy atom. The van der Waals surface area contributed by atoms with Crippen LogP contribution >= 0.6 is 11.6 Å². The van der Waals surface area contributed by atoms with Gasteiger partial charge in [-0.25, -0.2) is 0 Å². The number of anilines is 1. The van der Waals surface area contributed by atoms with Crippen LogP contribution in [0.25, 0.3) is 22.2 Å². The van der Waals surface area contributed by atoms with Crippen LogP contribution < -0.4 is 5.73 Å². The van der Waals surface area contributed by atoms with Crippen molar-refractivity contribution in [3.63, 3.8) is 0 Å². The number of nitrogens with zero attached hydrogens (tertiary/aromatic N) is 2. The van der Waals surface area contributed by atoms with Crippen molar-refractivity contribution >= 4 is 28.2 Å². The molecule has 1 fully saturated rings. The van der Waals surface area contributed by atoms with Gasteiger partial charge in [0.15, 0.2) is 0 Å². The molecule has 0 atom stereocenters. The predicted molar refractivity (Wildman–Crippen MR) is 127 cm³/mol. The number of hydrogen-bond acceptors (Lipinski definition) is 3. The SMILES string of the molecule is CCN(CC)CCn1c(-c2ccccc2)c(C2CCOCC2)c2cc(Cl)cc(N)c21. The fourth-order valence-electron chi connectivity index (χ4n) is 4.82. The second kappa shape index (κ2) is 9.42. The van der Waals surface area contributed by atoms with Gasteiger partial charge in [0, 0.05) is 36.7 Å². The maximum Gasteiger partial charge on any atom is 0.0723 e. The summed E-state index contributed by atoms with van der Waals surface area (Å²) in [6, 6.07) is 14.7. The number of aromatic nitrogens is 1. The van der Waals surface area contributed by atoms with Gasteiger partial charge in [-0.1, -0.05) is 55.8 Å². The lowest BCUT2D eigenvalue weighted by Crippen LogP contribution is -2.27. The van der Waals surface area contributed by atoms with E-state index < -0.39 is 0 Å². The minimum atomic E-state index is 0.448. The van der Waals surface area contributed by atoms with Gasteiger partial charge in [0.05, 0.1) is 16.9 Å². The maximum absolute atomic E-state index is 6.58. The Bertz CT molecular complexity index is 989. The lowest BCUT2D eigenvalue weighted by molar-refractivity contribution is 0.0857. The van der Waals surface area contributed by atoms with Crippen LogP contribution in [0.2, 0.25) is 5.02 Å². The third-order valence-electron chi connectivity index (χ3n) is 6.40. The Morgan fingerprint density at radius 1 is 1.10 bits per heavy atom. The highest BCUT2D eigenvalue weighted by Crippen LogP contribution is 2.44. The number of hydrogen-bond donors (Lipinski definition) is 1. The Kier molecular flexibility index (Phi) is 6.67. The quantitative estimate of drug-likeness (QED) is 0.488. The highest BCUT2D eigenvalue weighted by atomic mass is 35.5. The summed E-state index contributed by atoms with van der Waals surface area (Å²) in [6.45, 7) is 10.0. The molecule has 2 heterocycles. The molecule has 0 amide bonds. The summed E-state index contributed by atoms with van der Waals surface area (Å²) in [7, 11) is 0. The fraction of sp³-hybridized carbons (Fsp3) is 0.440. The van der Waals surface area contributed by atoms with Crippen molar-refractivity contribution in [3.05, 3.63) is 53.1 Å². The molecule has 5 heteroatoms. The number of benzene rings is 2. The van der Waals surface area contributed by atoms with Crippen LogP contribution in [0.4, 0.5) is 5.69 Å². The largest absolute Gasteiger partial charge is 0.397 e. The lowest BCUT2D eigenvalue weighted by atomic mass is 9.87. The Hall–Kier alpha value is -2.01. The molecule has 0 saturated carbocycles. The molecule has 0 spiro atoms. The van der Waals surface area contributed by atoms with Gasteiger partial charge in [-0.3, -0.25) is 0 Å². The zero-order chi connectivity index (χ0) is 21.1. The molecular weight excluding hydrogens is 394 g/mol. The molecule has 30 heavy (non-hydrogen) atoms. The van der Waals surface area contributed by atoms with E-state index in [0.717, 1.165) is 63.4 Å². The van der Waals surface area contributed by atoms with Crippen LogP contribution in [-0.4, -0.2) is 42.3 Å². The summed E-state index contributed by atoms with van der Waals surface area (Å²) in [5.41, 5.74) is 12.4. The third kappa shape index (κ3) is 4.09. The minimum Gasteiger partial charge on any atom is -0.397 e. The molecule has 3 aromatic rings. The standard InChI is InChI=1S/C25H32ClN3O/c1-3-28(4-2)12-13-29-24(19-8-6-5-7-9-19)23(18-10-14-30-15-11-18)21-16-20(26)17-22(27)25(21)29/h5-9,16-18H,3-4,10-15,27H2,1-2H3. The third-order valence-corrected chi connectivity index (χ3v) is 6.62. The summed E-state index contributed by atoms with van der Waals surface area (Å²) in [5, 5.41) is 1.90. The zero-order valence-electron chi connectivity index (χ0n) is 18.0. The molecule has 2 aromatic carbocycles. The zero-order valence-corrected chi connectivity index (χ0v) is 18.8. The summed E-state index contributed by atoms with van der Waals surface area (Å²) >= 11 is 6.49. The van der Waals surface area contributed by atoms with E-state index >= 15 is 0 Å². The van der Waals surface area contributed by atoms with Crippen LogP contribution in [0, 0.1) is 0 Å². The van der Waals surface area contributed by atoms with E-state index in [-0.39, 0.29) is 0 Å². The van der Waals surface area contributed by atoms with E-state index in [2.05, 4.69) is 59.7 Å². The van der Waals surface area contributed by atoms with Gasteiger partial charge in [-0.2, -0.15) is 0 Å². The molecule has 2 N–H and O–H groups in total.